The van der Waals surface area contributed by atoms with E-state index in [1.165, 1.54) is 6.07 Å². The summed E-state index contributed by atoms with van der Waals surface area (Å²) < 4.78 is 32.1. The van der Waals surface area contributed by atoms with Crippen LogP contribution in [0.2, 0.25) is 5.02 Å². The van der Waals surface area contributed by atoms with Crippen LogP contribution in [-0.2, 0) is 4.74 Å². The summed E-state index contributed by atoms with van der Waals surface area (Å²) in [4.78, 5) is 16.6. The maximum Gasteiger partial charge on any atom is 0.280 e. The van der Waals surface area contributed by atoms with Crippen molar-refractivity contribution in [3.8, 4) is 0 Å². The fourth-order valence-corrected chi connectivity index (χ4v) is 3.33. The zero-order valence-electron chi connectivity index (χ0n) is 17.8. The van der Waals surface area contributed by atoms with Gasteiger partial charge in [0.1, 0.15) is 0 Å². The average Bonchev–Trinajstić information content (AvgIpc) is 3.23. The highest BCUT2D eigenvalue weighted by atomic mass is 35.5. The molecule has 3 atom stereocenters. The van der Waals surface area contributed by atoms with Gasteiger partial charge in [0.25, 0.3) is 5.91 Å². The molecule has 2 unspecified atom stereocenters. The van der Waals surface area contributed by atoms with Crippen molar-refractivity contribution >= 4 is 23.5 Å². The normalized spacial score (nSPS) is 19.6. The van der Waals surface area contributed by atoms with E-state index in [9.17, 15) is 13.6 Å². The lowest BCUT2D eigenvalue weighted by Gasteiger charge is -2.21. The molecule has 0 aromatic heterocycles. The Labute approximate surface area is 190 Å². The van der Waals surface area contributed by atoms with Crippen molar-refractivity contribution < 1.29 is 18.3 Å². The summed E-state index contributed by atoms with van der Waals surface area (Å²) in [6.07, 6.45) is 0.403. The average molecular weight is 466 g/mol. The molecule has 7 nitrogen and oxygen atoms in total. The van der Waals surface area contributed by atoms with Crippen LogP contribution in [0.15, 0.2) is 47.5 Å². The molecular formula is C22H26ClF2N5O2. The molecule has 2 aromatic carbocycles. The van der Waals surface area contributed by atoms with E-state index in [0.29, 0.717) is 24.7 Å². The van der Waals surface area contributed by atoms with E-state index in [1.807, 2.05) is 38.1 Å². The molecule has 2 aromatic rings. The van der Waals surface area contributed by atoms with Gasteiger partial charge in [-0.05, 0) is 49.7 Å². The van der Waals surface area contributed by atoms with Crippen molar-refractivity contribution in [3.63, 3.8) is 0 Å². The number of carbonyl (C=O) groups excluding carboxylic acids is 1. The Kier molecular flexibility index (Phi) is 8.52. The van der Waals surface area contributed by atoms with E-state index >= 15 is 0 Å². The number of rotatable bonds is 7. The van der Waals surface area contributed by atoms with Gasteiger partial charge in [-0.2, -0.15) is 4.99 Å². The third-order valence-electron chi connectivity index (χ3n) is 4.82. The van der Waals surface area contributed by atoms with Gasteiger partial charge in [-0.1, -0.05) is 23.7 Å². The van der Waals surface area contributed by atoms with Crippen molar-refractivity contribution in [3.05, 3.63) is 70.2 Å². The molecule has 1 saturated heterocycles. The van der Waals surface area contributed by atoms with Crippen molar-refractivity contribution in [1.29, 1.82) is 0 Å². The van der Waals surface area contributed by atoms with Gasteiger partial charge in [0.15, 0.2) is 11.6 Å². The van der Waals surface area contributed by atoms with Crippen molar-refractivity contribution in [2.45, 2.75) is 38.5 Å². The van der Waals surface area contributed by atoms with Crippen molar-refractivity contribution in [2.24, 2.45) is 4.99 Å². The molecule has 1 amide bonds. The van der Waals surface area contributed by atoms with E-state index in [-0.39, 0.29) is 29.8 Å². The molecule has 1 heterocycles. The van der Waals surface area contributed by atoms with Gasteiger partial charge in [0, 0.05) is 35.7 Å². The minimum absolute atomic E-state index is 0.0220. The zero-order chi connectivity index (χ0) is 23.1. The van der Waals surface area contributed by atoms with Crippen LogP contribution in [0.3, 0.4) is 0 Å². The fraction of sp³-hybridized carbons (Fsp3) is 0.364. The van der Waals surface area contributed by atoms with E-state index in [1.54, 1.807) is 0 Å². The summed E-state index contributed by atoms with van der Waals surface area (Å²) in [6, 6.07) is 10.3. The third-order valence-corrected chi connectivity index (χ3v) is 5.07. The van der Waals surface area contributed by atoms with E-state index in [4.69, 9.17) is 16.3 Å². The fourth-order valence-electron chi connectivity index (χ4n) is 3.20. The van der Waals surface area contributed by atoms with Crippen LogP contribution in [0, 0.1) is 11.6 Å². The number of nitrogens with one attached hydrogen (secondary N) is 4. The summed E-state index contributed by atoms with van der Waals surface area (Å²) in [5.41, 5.74) is 7.32. The first-order valence-corrected chi connectivity index (χ1v) is 10.7. The van der Waals surface area contributed by atoms with Crippen LogP contribution in [0.25, 0.3) is 0 Å². The molecule has 3 rings (SSSR count). The Bertz CT molecular complexity index is 958. The van der Waals surface area contributed by atoms with Gasteiger partial charge in [-0.25, -0.2) is 19.6 Å². The number of hydrazine groups is 1. The summed E-state index contributed by atoms with van der Waals surface area (Å²) >= 11 is 5.96. The van der Waals surface area contributed by atoms with Crippen LogP contribution in [0.5, 0.6) is 0 Å². The summed E-state index contributed by atoms with van der Waals surface area (Å²) in [5, 5.41) is 6.92. The summed E-state index contributed by atoms with van der Waals surface area (Å²) in [5.74, 6) is -2.64. The molecule has 4 N–H and O–H groups in total. The number of amides is 1. The van der Waals surface area contributed by atoms with E-state index in [2.05, 4.69) is 26.5 Å². The van der Waals surface area contributed by atoms with Gasteiger partial charge in [-0.15, -0.1) is 0 Å². The van der Waals surface area contributed by atoms with Crippen LogP contribution in [-0.4, -0.2) is 37.3 Å². The van der Waals surface area contributed by atoms with Crippen molar-refractivity contribution in [2.75, 3.05) is 13.2 Å². The Morgan fingerprint density at radius 3 is 2.66 bits per heavy atom. The lowest BCUT2D eigenvalue weighted by molar-refractivity contribution is 0.100. The number of hydrogen-bond donors (Lipinski definition) is 4. The first-order chi connectivity index (χ1) is 15.4. The molecule has 1 aliphatic rings. The molecule has 0 spiro atoms. The Balaban J connectivity index is 1.72. The molecule has 0 saturated carbocycles. The number of hydrogen-bond acceptors (Lipinski definition) is 4. The van der Waals surface area contributed by atoms with Gasteiger partial charge in [0.05, 0.1) is 12.8 Å². The first-order valence-electron chi connectivity index (χ1n) is 10.3. The molecular weight excluding hydrogens is 440 g/mol. The minimum atomic E-state index is -1.11. The molecule has 0 bridgehead atoms. The quantitative estimate of drug-likeness (QED) is 0.371. The zero-order valence-corrected chi connectivity index (χ0v) is 18.5. The number of benzene rings is 2. The third kappa shape index (κ3) is 6.70. The van der Waals surface area contributed by atoms with Gasteiger partial charge < -0.3 is 15.4 Å². The lowest BCUT2D eigenvalue weighted by Crippen LogP contribution is -2.52. The molecule has 1 aliphatic heterocycles. The largest absolute Gasteiger partial charge is 0.380 e. The number of aliphatic imine (C=N–C) groups is 1. The second-order valence-electron chi connectivity index (χ2n) is 7.42. The predicted octanol–water partition coefficient (Wildman–Crippen LogP) is 3.28. The second-order valence-corrected chi connectivity index (χ2v) is 7.86. The number of nitrogens with zero attached hydrogens (tertiary/aromatic N) is 1. The molecule has 172 valence electrons. The van der Waals surface area contributed by atoms with E-state index < -0.39 is 17.5 Å². The maximum absolute atomic E-state index is 13.5. The lowest BCUT2D eigenvalue weighted by atomic mass is 10.0. The highest BCUT2D eigenvalue weighted by Gasteiger charge is 2.26. The van der Waals surface area contributed by atoms with Crippen LogP contribution >= 0.6 is 11.6 Å². The highest BCUT2D eigenvalue weighted by Crippen LogP contribution is 2.22. The molecule has 0 radical (unpaired) electrons. The smallest absolute Gasteiger partial charge is 0.280 e. The Hall–Kier alpha value is -2.59. The number of carbonyl (C=O) groups is 1. The van der Waals surface area contributed by atoms with Crippen molar-refractivity contribution in [1.82, 2.24) is 21.5 Å². The first kappa shape index (κ1) is 24.1. The molecule has 10 heteroatoms. The highest BCUT2D eigenvalue weighted by molar-refractivity contribution is 6.30. The Morgan fingerprint density at radius 2 is 1.97 bits per heavy atom. The van der Waals surface area contributed by atoms with Crippen LogP contribution in [0.1, 0.15) is 42.2 Å². The molecule has 1 fully saturated rings. The van der Waals surface area contributed by atoms with Gasteiger partial charge in [0.2, 0.25) is 5.96 Å². The van der Waals surface area contributed by atoms with Gasteiger partial charge >= 0.3 is 0 Å². The Morgan fingerprint density at radius 1 is 1.22 bits per heavy atom. The summed E-state index contributed by atoms with van der Waals surface area (Å²) in [6.45, 7) is 4.72. The SMILES string of the molecule is CCOC[C@H](C)N/C(=N/C(=O)c1ccc(F)c(F)c1)NC1CC(c2ccc(Cl)cc2)NN1. The van der Waals surface area contributed by atoms with Gasteiger partial charge in [-0.3, -0.25) is 4.79 Å². The predicted molar refractivity (Wildman–Crippen MR) is 119 cm³/mol. The van der Waals surface area contributed by atoms with Crippen LogP contribution in [0.4, 0.5) is 8.78 Å². The number of guanidine groups is 1. The number of halogens is 3. The monoisotopic (exact) mass is 465 g/mol. The topological polar surface area (TPSA) is 86.8 Å². The molecule has 32 heavy (non-hydrogen) atoms. The molecule has 0 aliphatic carbocycles. The second kappa shape index (κ2) is 11.3. The maximum atomic E-state index is 13.5. The summed E-state index contributed by atoms with van der Waals surface area (Å²) in [7, 11) is 0. The van der Waals surface area contributed by atoms with Crippen LogP contribution < -0.4 is 21.5 Å². The minimum Gasteiger partial charge on any atom is -0.380 e. The number of ether oxygens (including phenoxy) is 1. The van der Waals surface area contributed by atoms with E-state index in [0.717, 1.165) is 17.7 Å². The standard InChI is InChI=1S/C22H26ClF2N5O2/c1-3-32-12-13(2)26-22(28-21(31)15-6-9-17(24)18(25)10-15)27-20-11-19(29-30-20)14-4-7-16(23)8-5-14/h4-10,13,19-20,29-30H,3,11-12H2,1-2H3,(H2,26,27,28,31)/t13-,19?,20?/m0/s1.